The van der Waals surface area contributed by atoms with Crippen molar-refractivity contribution < 1.29 is 23.1 Å². The van der Waals surface area contributed by atoms with Crippen molar-refractivity contribution in [1.82, 2.24) is 14.9 Å². The van der Waals surface area contributed by atoms with Gasteiger partial charge in [0.15, 0.2) is 0 Å². The fraction of sp³-hybridized carbons (Fsp3) is 0.393. The molecule has 0 aliphatic heterocycles. The molecule has 1 aliphatic carbocycles. The lowest BCUT2D eigenvalue weighted by atomic mass is 9.93. The van der Waals surface area contributed by atoms with Gasteiger partial charge in [0.1, 0.15) is 5.82 Å². The zero-order chi connectivity index (χ0) is 27.3. The molecule has 0 bridgehead atoms. The van der Waals surface area contributed by atoms with Crippen LogP contribution in [-0.2, 0) is 13.0 Å². The third-order valence-corrected chi connectivity index (χ3v) is 6.90. The van der Waals surface area contributed by atoms with Gasteiger partial charge in [-0.1, -0.05) is 35.9 Å². The second kappa shape index (κ2) is 12.1. The highest BCUT2D eigenvalue weighted by Crippen LogP contribution is 2.24. The SMILES string of the molecule is O=C(NC1CCC(O)CC1)c1cccc(Cn2c(CCCC(F)(F)F)nc(-c3ccc(Cl)cc3)cc2=O)c1. The van der Waals surface area contributed by atoms with Crippen molar-refractivity contribution in [3.63, 3.8) is 0 Å². The average Bonchev–Trinajstić information content (AvgIpc) is 2.87. The highest BCUT2D eigenvalue weighted by atomic mass is 35.5. The number of aryl methyl sites for hydroxylation is 1. The van der Waals surface area contributed by atoms with Crippen molar-refractivity contribution in [2.45, 2.75) is 69.8 Å². The standard InChI is InChI=1S/C28H29ClF3N3O3/c29-21-8-6-19(7-9-21)24-16-26(37)35(25(34-24)5-2-14-28(30,31)32)17-18-3-1-4-20(15-18)27(38)33-22-10-12-23(36)13-11-22/h1,3-4,6-9,15-16,22-23,36H,2,5,10-14,17H2,(H,33,38). The van der Waals surface area contributed by atoms with Crippen LogP contribution in [-0.4, -0.2) is 38.9 Å². The molecule has 1 amide bonds. The summed E-state index contributed by atoms with van der Waals surface area (Å²) in [5.41, 5.74) is 1.66. The van der Waals surface area contributed by atoms with E-state index < -0.39 is 18.2 Å². The van der Waals surface area contributed by atoms with Gasteiger partial charge in [0.25, 0.3) is 11.5 Å². The molecule has 38 heavy (non-hydrogen) atoms. The van der Waals surface area contributed by atoms with Gasteiger partial charge in [0.2, 0.25) is 0 Å². The number of hydrogen-bond donors (Lipinski definition) is 2. The van der Waals surface area contributed by atoms with Gasteiger partial charge in [-0.25, -0.2) is 4.98 Å². The predicted molar refractivity (Wildman–Crippen MR) is 139 cm³/mol. The summed E-state index contributed by atoms with van der Waals surface area (Å²) in [6.45, 7) is 0.0603. The van der Waals surface area contributed by atoms with Crippen LogP contribution in [0.1, 0.15) is 60.3 Å². The van der Waals surface area contributed by atoms with Crippen molar-refractivity contribution in [2.75, 3.05) is 0 Å². The quantitative estimate of drug-likeness (QED) is 0.388. The first-order chi connectivity index (χ1) is 18.1. The number of alkyl halides is 3. The summed E-state index contributed by atoms with van der Waals surface area (Å²) in [6, 6.07) is 14.8. The Morgan fingerprint density at radius 1 is 1.08 bits per heavy atom. The van der Waals surface area contributed by atoms with E-state index in [4.69, 9.17) is 11.6 Å². The first kappa shape index (κ1) is 27.9. The summed E-state index contributed by atoms with van der Waals surface area (Å²) in [5.74, 6) is -0.00971. The molecule has 10 heteroatoms. The van der Waals surface area contributed by atoms with Crippen LogP contribution < -0.4 is 10.9 Å². The number of hydrogen-bond acceptors (Lipinski definition) is 4. The number of carbonyl (C=O) groups is 1. The Kier molecular flexibility index (Phi) is 8.89. The number of rotatable bonds is 8. The molecule has 4 rings (SSSR count). The van der Waals surface area contributed by atoms with E-state index in [9.17, 15) is 27.9 Å². The van der Waals surface area contributed by atoms with E-state index in [0.29, 0.717) is 53.1 Å². The first-order valence-electron chi connectivity index (χ1n) is 12.6. The normalized spacial score (nSPS) is 17.8. The summed E-state index contributed by atoms with van der Waals surface area (Å²) in [5, 5.41) is 13.2. The average molecular weight is 548 g/mol. The Balaban J connectivity index is 1.57. The molecule has 1 saturated carbocycles. The monoisotopic (exact) mass is 547 g/mol. The second-order valence-electron chi connectivity index (χ2n) is 9.64. The molecular formula is C28H29ClF3N3O3. The Morgan fingerprint density at radius 2 is 1.79 bits per heavy atom. The molecule has 1 aromatic heterocycles. The van der Waals surface area contributed by atoms with Crippen molar-refractivity contribution in [2.24, 2.45) is 0 Å². The predicted octanol–water partition coefficient (Wildman–Crippen LogP) is 5.53. The van der Waals surface area contributed by atoms with Crippen molar-refractivity contribution in [1.29, 1.82) is 0 Å². The van der Waals surface area contributed by atoms with Crippen LogP contribution in [0.15, 0.2) is 59.4 Å². The van der Waals surface area contributed by atoms with Gasteiger partial charge in [-0.3, -0.25) is 14.2 Å². The number of aliphatic hydroxyl groups is 1. The van der Waals surface area contributed by atoms with Crippen LogP contribution in [0.3, 0.4) is 0 Å². The van der Waals surface area contributed by atoms with Crippen LogP contribution in [0.4, 0.5) is 13.2 Å². The Bertz CT molecular complexity index is 1320. The smallest absolute Gasteiger partial charge is 0.389 e. The minimum absolute atomic E-state index is 0.0120. The molecule has 0 atom stereocenters. The van der Waals surface area contributed by atoms with Gasteiger partial charge in [0.05, 0.1) is 18.3 Å². The van der Waals surface area contributed by atoms with E-state index in [-0.39, 0.29) is 43.3 Å². The van der Waals surface area contributed by atoms with Gasteiger partial charge in [-0.05, 0) is 61.9 Å². The molecule has 1 heterocycles. The number of nitrogens with zero attached hydrogens (tertiary/aromatic N) is 2. The van der Waals surface area contributed by atoms with E-state index in [1.807, 2.05) is 0 Å². The van der Waals surface area contributed by atoms with Crippen molar-refractivity contribution >= 4 is 17.5 Å². The number of halogens is 4. The van der Waals surface area contributed by atoms with Crippen LogP contribution >= 0.6 is 11.6 Å². The number of aliphatic hydroxyl groups excluding tert-OH is 1. The molecule has 2 aromatic carbocycles. The highest BCUT2D eigenvalue weighted by Gasteiger charge is 2.26. The molecule has 0 unspecified atom stereocenters. The van der Waals surface area contributed by atoms with Crippen LogP contribution in [0, 0.1) is 0 Å². The minimum atomic E-state index is -4.31. The zero-order valence-electron chi connectivity index (χ0n) is 20.7. The maximum absolute atomic E-state index is 13.1. The molecule has 0 spiro atoms. The molecule has 6 nitrogen and oxygen atoms in total. The topological polar surface area (TPSA) is 84.2 Å². The van der Waals surface area contributed by atoms with Gasteiger partial charge in [-0.15, -0.1) is 0 Å². The molecular weight excluding hydrogens is 519 g/mol. The van der Waals surface area contributed by atoms with Crippen LogP contribution in [0.5, 0.6) is 0 Å². The van der Waals surface area contributed by atoms with Gasteiger partial charge < -0.3 is 10.4 Å². The number of benzene rings is 2. The third kappa shape index (κ3) is 7.68. The van der Waals surface area contributed by atoms with E-state index >= 15 is 0 Å². The summed E-state index contributed by atoms with van der Waals surface area (Å²) in [4.78, 5) is 30.5. The summed E-state index contributed by atoms with van der Waals surface area (Å²) in [7, 11) is 0. The van der Waals surface area contributed by atoms with E-state index in [1.54, 1.807) is 48.5 Å². The van der Waals surface area contributed by atoms with Gasteiger partial charge >= 0.3 is 6.18 Å². The van der Waals surface area contributed by atoms with E-state index in [1.165, 1.54) is 10.6 Å². The largest absolute Gasteiger partial charge is 0.393 e. The van der Waals surface area contributed by atoms with Crippen LogP contribution in [0.25, 0.3) is 11.3 Å². The minimum Gasteiger partial charge on any atom is -0.393 e. The molecule has 1 aliphatic rings. The molecule has 1 fully saturated rings. The van der Waals surface area contributed by atoms with E-state index in [2.05, 4.69) is 10.3 Å². The molecule has 2 N–H and O–H groups in total. The van der Waals surface area contributed by atoms with E-state index in [0.717, 1.165) is 0 Å². The van der Waals surface area contributed by atoms with Crippen molar-refractivity contribution in [3.8, 4) is 11.3 Å². The maximum atomic E-state index is 13.1. The summed E-state index contributed by atoms with van der Waals surface area (Å²) in [6.07, 6.45) is -3.17. The lowest BCUT2D eigenvalue weighted by Crippen LogP contribution is -2.38. The van der Waals surface area contributed by atoms with Gasteiger partial charge in [-0.2, -0.15) is 13.2 Å². The Morgan fingerprint density at radius 3 is 2.47 bits per heavy atom. The molecule has 3 aromatic rings. The molecule has 202 valence electrons. The second-order valence-corrected chi connectivity index (χ2v) is 10.1. The van der Waals surface area contributed by atoms with Gasteiger partial charge in [0, 0.05) is 41.1 Å². The molecule has 0 radical (unpaired) electrons. The number of aromatic nitrogens is 2. The summed E-state index contributed by atoms with van der Waals surface area (Å²) < 4.78 is 39.8. The Labute approximate surface area is 223 Å². The maximum Gasteiger partial charge on any atom is 0.389 e. The summed E-state index contributed by atoms with van der Waals surface area (Å²) >= 11 is 5.95. The molecule has 0 saturated heterocycles. The highest BCUT2D eigenvalue weighted by molar-refractivity contribution is 6.30. The number of nitrogens with one attached hydrogen (secondary N) is 1. The first-order valence-corrected chi connectivity index (χ1v) is 13.0. The van der Waals surface area contributed by atoms with Crippen molar-refractivity contribution in [3.05, 3.63) is 86.9 Å². The lowest BCUT2D eigenvalue weighted by Gasteiger charge is -2.26. The van der Waals surface area contributed by atoms with Crippen LogP contribution in [0.2, 0.25) is 5.02 Å². The number of amides is 1. The Hall–Kier alpha value is -3.17. The number of carbonyl (C=O) groups excluding carboxylic acids is 1. The third-order valence-electron chi connectivity index (χ3n) is 6.65. The lowest BCUT2D eigenvalue weighted by molar-refractivity contribution is -0.135. The fourth-order valence-corrected chi connectivity index (χ4v) is 4.74. The fourth-order valence-electron chi connectivity index (χ4n) is 4.61. The zero-order valence-corrected chi connectivity index (χ0v) is 21.4.